The molecular formula is C2H3Cl3NaO5P. The minimum atomic E-state index is -4.92. The van der Waals surface area contributed by atoms with Crippen molar-refractivity contribution in [2.45, 2.75) is 3.79 Å². The fourth-order valence-electron chi connectivity index (χ4n) is 0.160. The van der Waals surface area contributed by atoms with Gasteiger partial charge >= 0.3 is 43.3 Å². The maximum absolute atomic E-state index is 10.4. The molecule has 0 aromatic heterocycles. The Morgan fingerprint density at radius 1 is 1.33 bits per heavy atom. The fourth-order valence-corrected chi connectivity index (χ4v) is 0.790. The molecule has 0 rings (SSSR count). The molecule has 0 unspecified atom stereocenters. The molecule has 68 valence electrons. The van der Waals surface area contributed by atoms with Crippen LogP contribution in [-0.4, -0.2) is 49.1 Å². The van der Waals surface area contributed by atoms with Crippen molar-refractivity contribution in [2.24, 2.45) is 0 Å². The minimum absolute atomic E-state index is 0. The molecular weight excluding hydrogens is 264 g/mol. The zero-order chi connectivity index (χ0) is 9.28. The Kier molecular flexibility index (Phi) is 7.16. The molecule has 0 aliphatic rings. The van der Waals surface area contributed by atoms with Crippen LogP contribution in [0.3, 0.4) is 0 Å². The number of rotatable bonds is 1. The van der Waals surface area contributed by atoms with E-state index in [1.807, 2.05) is 0 Å². The van der Waals surface area contributed by atoms with Gasteiger partial charge in [0.05, 0.1) is 0 Å². The summed E-state index contributed by atoms with van der Waals surface area (Å²) in [6.45, 7) is 0. The second kappa shape index (κ2) is 5.39. The van der Waals surface area contributed by atoms with Crippen molar-refractivity contribution in [2.75, 3.05) is 0 Å². The number of hydrogen-bond donors (Lipinski definition) is 2. The predicted octanol–water partition coefficient (Wildman–Crippen LogP) is 0.344. The molecule has 0 amide bonds. The molecule has 0 fully saturated rings. The van der Waals surface area contributed by atoms with Gasteiger partial charge in [-0.3, -0.25) is 9.79 Å². The van der Waals surface area contributed by atoms with E-state index in [1.165, 1.54) is 0 Å². The van der Waals surface area contributed by atoms with Gasteiger partial charge in [-0.05, 0) is 0 Å². The average Bonchev–Trinajstić information content (AvgIpc) is 1.56. The molecule has 12 heavy (non-hydrogen) atoms. The van der Waals surface area contributed by atoms with Crippen molar-refractivity contribution in [3.8, 4) is 0 Å². The van der Waals surface area contributed by atoms with Crippen LogP contribution < -0.4 is 0 Å². The predicted molar refractivity (Wildman–Crippen MR) is 45.6 cm³/mol. The summed E-state index contributed by atoms with van der Waals surface area (Å²) < 4.78 is 10.9. The molecule has 0 aliphatic carbocycles. The van der Waals surface area contributed by atoms with Gasteiger partial charge in [-0.25, -0.2) is 9.36 Å². The first-order valence-electron chi connectivity index (χ1n) is 1.99. The van der Waals surface area contributed by atoms with Gasteiger partial charge in [0, 0.05) is 0 Å². The number of carbonyl (C=O) groups is 1. The number of phosphoric acid groups is 1. The number of carbonyl (C=O) groups excluding carboxylic acids is 1. The summed E-state index contributed by atoms with van der Waals surface area (Å²) in [5, 5.41) is 0. The Balaban J connectivity index is 0. The van der Waals surface area contributed by atoms with E-state index >= 15 is 0 Å². The second-order valence-electron chi connectivity index (χ2n) is 1.37. The molecule has 0 atom stereocenters. The summed E-state index contributed by atoms with van der Waals surface area (Å²) in [6, 6.07) is 0. The number of phosphoric ester groups is 1. The fraction of sp³-hybridized carbons (Fsp3) is 0.500. The maximum atomic E-state index is 10.4. The second-order valence-corrected chi connectivity index (χ2v) is 4.81. The zero-order valence-electron chi connectivity index (χ0n) is 4.70. The molecule has 0 bridgehead atoms. The van der Waals surface area contributed by atoms with Crippen molar-refractivity contribution in [3.63, 3.8) is 0 Å². The molecule has 0 aliphatic heterocycles. The van der Waals surface area contributed by atoms with Crippen LogP contribution in [0.1, 0.15) is 0 Å². The van der Waals surface area contributed by atoms with Crippen molar-refractivity contribution < 1.29 is 23.7 Å². The van der Waals surface area contributed by atoms with Crippen LogP contribution in [-0.2, 0) is 13.9 Å². The van der Waals surface area contributed by atoms with E-state index in [1.54, 1.807) is 0 Å². The van der Waals surface area contributed by atoms with Gasteiger partial charge in [0.2, 0.25) is 0 Å². The van der Waals surface area contributed by atoms with E-state index < -0.39 is 17.6 Å². The Hall–Kier alpha value is 1.49. The van der Waals surface area contributed by atoms with Gasteiger partial charge in [0.25, 0.3) is 3.79 Å². The third-order valence-electron chi connectivity index (χ3n) is 0.433. The monoisotopic (exact) mass is 266 g/mol. The quantitative estimate of drug-likeness (QED) is 0.407. The SMILES string of the molecule is O=C(OP(=O)(O)O)C(Cl)(Cl)Cl.[NaH]. The van der Waals surface area contributed by atoms with Crippen LogP contribution in [0.4, 0.5) is 0 Å². The first kappa shape index (κ1) is 15.9. The molecule has 0 aromatic carbocycles. The average molecular weight is 267 g/mol. The normalized spacial score (nSPS) is 11.8. The first-order chi connectivity index (χ1) is 4.63. The number of hydrogen-bond acceptors (Lipinski definition) is 3. The Morgan fingerprint density at radius 2 is 1.67 bits per heavy atom. The van der Waals surface area contributed by atoms with Gasteiger partial charge in [-0.15, -0.1) is 0 Å². The van der Waals surface area contributed by atoms with E-state index in [4.69, 9.17) is 44.6 Å². The summed E-state index contributed by atoms with van der Waals surface area (Å²) in [6.07, 6.45) is 0. The van der Waals surface area contributed by atoms with Gasteiger partial charge in [-0.2, -0.15) is 0 Å². The van der Waals surface area contributed by atoms with Crippen LogP contribution in [0.5, 0.6) is 0 Å². The van der Waals surface area contributed by atoms with Crippen LogP contribution in [0.25, 0.3) is 0 Å². The number of halogens is 3. The van der Waals surface area contributed by atoms with Crippen molar-refractivity contribution in [1.82, 2.24) is 0 Å². The van der Waals surface area contributed by atoms with E-state index in [0.29, 0.717) is 0 Å². The molecule has 0 radical (unpaired) electrons. The standard InChI is InChI=1S/C2H2Cl3O5P.Na.H/c3-2(4,5)1(6)10-11(7,8)9;;/h(H2,7,8,9);;. The summed E-state index contributed by atoms with van der Waals surface area (Å²) in [4.78, 5) is 26.5. The third kappa shape index (κ3) is 8.10. The van der Waals surface area contributed by atoms with Gasteiger partial charge in [0.15, 0.2) is 0 Å². The molecule has 5 nitrogen and oxygen atoms in total. The molecule has 2 N–H and O–H groups in total. The summed E-state index contributed by atoms with van der Waals surface area (Å²) in [5.41, 5.74) is 0. The zero-order valence-corrected chi connectivity index (χ0v) is 7.86. The summed E-state index contributed by atoms with van der Waals surface area (Å²) in [5.74, 6) is -1.61. The van der Waals surface area contributed by atoms with Gasteiger partial charge < -0.3 is 4.52 Å². The molecule has 0 heterocycles. The topological polar surface area (TPSA) is 83.8 Å². The van der Waals surface area contributed by atoms with Gasteiger partial charge in [0.1, 0.15) is 0 Å². The van der Waals surface area contributed by atoms with Crippen LogP contribution in [0, 0.1) is 0 Å². The Bertz CT molecular complexity index is 207. The molecule has 0 aromatic rings. The van der Waals surface area contributed by atoms with Crippen molar-refractivity contribution >= 4 is 78.2 Å². The van der Waals surface area contributed by atoms with Crippen LogP contribution in [0.2, 0.25) is 0 Å². The van der Waals surface area contributed by atoms with E-state index in [9.17, 15) is 9.36 Å². The van der Waals surface area contributed by atoms with Gasteiger partial charge in [-0.1, -0.05) is 34.8 Å². The molecule has 0 saturated carbocycles. The Labute approximate surface area is 105 Å². The van der Waals surface area contributed by atoms with E-state index in [0.717, 1.165) is 0 Å². The number of alkyl halides is 3. The summed E-state index contributed by atoms with van der Waals surface area (Å²) in [7, 11) is -4.92. The molecule has 0 saturated heterocycles. The Morgan fingerprint density at radius 3 is 1.75 bits per heavy atom. The summed E-state index contributed by atoms with van der Waals surface area (Å²) >= 11 is 14.7. The molecule has 0 spiro atoms. The third-order valence-corrected chi connectivity index (χ3v) is 1.30. The van der Waals surface area contributed by atoms with Crippen LogP contribution in [0.15, 0.2) is 0 Å². The van der Waals surface area contributed by atoms with E-state index in [2.05, 4.69) is 4.52 Å². The van der Waals surface area contributed by atoms with Crippen molar-refractivity contribution in [1.29, 1.82) is 0 Å². The van der Waals surface area contributed by atoms with Crippen LogP contribution >= 0.6 is 42.6 Å². The van der Waals surface area contributed by atoms with Crippen molar-refractivity contribution in [3.05, 3.63) is 0 Å². The molecule has 10 heteroatoms. The van der Waals surface area contributed by atoms with E-state index in [-0.39, 0.29) is 29.6 Å². The first-order valence-corrected chi connectivity index (χ1v) is 4.65.